The van der Waals surface area contributed by atoms with Crippen molar-refractivity contribution in [1.82, 2.24) is 15.2 Å². The fourth-order valence-electron chi connectivity index (χ4n) is 2.61. The number of carbonyl (C=O) groups is 1. The molecule has 1 aliphatic heterocycles. The molecule has 0 bridgehead atoms. The van der Waals surface area contributed by atoms with Crippen LogP contribution in [0.1, 0.15) is 16.1 Å². The molecule has 2 heterocycles. The fourth-order valence-corrected chi connectivity index (χ4v) is 2.61. The molecular weight excluding hydrogens is 341 g/mol. The molecule has 25 heavy (non-hydrogen) atoms. The summed E-state index contributed by atoms with van der Waals surface area (Å²) in [5.41, 5.74) is -1.02. The Balaban J connectivity index is 2.27. The molecule has 0 unspecified atom stereocenters. The van der Waals surface area contributed by atoms with Crippen molar-refractivity contribution in [2.45, 2.75) is 6.18 Å². The van der Waals surface area contributed by atoms with E-state index in [1.807, 2.05) is 4.90 Å². The molecule has 1 aromatic rings. The first-order valence-electron chi connectivity index (χ1n) is 7.92. The van der Waals surface area contributed by atoms with Crippen LogP contribution in [-0.2, 0) is 6.18 Å². The minimum atomic E-state index is -4.60. The van der Waals surface area contributed by atoms with E-state index in [0.717, 1.165) is 12.1 Å². The Labute approximate surface area is 143 Å². The van der Waals surface area contributed by atoms with Crippen LogP contribution in [0.2, 0.25) is 0 Å². The van der Waals surface area contributed by atoms with E-state index >= 15 is 0 Å². The Morgan fingerprint density at radius 1 is 1.16 bits per heavy atom. The highest BCUT2D eigenvalue weighted by atomic mass is 19.4. The Kier molecular flexibility index (Phi) is 6.57. The van der Waals surface area contributed by atoms with Crippen molar-refractivity contribution in [2.75, 3.05) is 57.4 Å². The van der Waals surface area contributed by atoms with E-state index in [4.69, 9.17) is 10.2 Å². The van der Waals surface area contributed by atoms with Crippen LogP contribution in [0.25, 0.3) is 0 Å². The van der Waals surface area contributed by atoms with E-state index in [-0.39, 0.29) is 31.1 Å². The second-order valence-corrected chi connectivity index (χ2v) is 5.60. The summed E-state index contributed by atoms with van der Waals surface area (Å²) in [6, 6.07) is 1.89. The number of rotatable bonds is 6. The maximum Gasteiger partial charge on any atom is 0.433 e. The molecule has 0 saturated carbocycles. The molecule has 1 aromatic heterocycles. The van der Waals surface area contributed by atoms with Gasteiger partial charge in [-0.1, -0.05) is 0 Å². The molecule has 0 aliphatic carbocycles. The van der Waals surface area contributed by atoms with Crippen LogP contribution in [-0.4, -0.2) is 78.5 Å². The van der Waals surface area contributed by atoms with E-state index in [1.54, 1.807) is 4.90 Å². The van der Waals surface area contributed by atoms with Gasteiger partial charge in [0.1, 0.15) is 11.5 Å². The summed E-state index contributed by atoms with van der Waals surface area (Å²) < 4.78 is 38.9. The number of amides is 1. The summed E-state index contributed by atoms with van der Waals surface area (Å²) in [4.78, 5) is 19.5. The van der Waals surface area contributed by atoms with E-state index in [2.05, 4.69) is 10.3 Å². The average Bonchev–Trinajstić information content (AvgIpc) is 2.59. The summed E-state index contributed by atoms with van der Waals surface area (Å²) in [7, 11) is 0. The summed E-state index contributed by atoms with van der Waals surface area (Å²) >= 11 is 0. The van der Waals surface area contributed by atoms with Crippen molar-refractivity contribution in [3.8, 4) is 0 Å². The van der Waals surface area contributed by atoms with Gasteiger partial charge in [0.05, 0.1) is 18.8 Å². The monoisotopic (exact) mass is 362 g/mol. The van der Waals surface area contributed by atoms with Crippen LogP contribution in [0.3, 0.4) is 0 Å². The van der Waals surface area contributed by atoms with Crippen molar-refractivity contribution in [3.63, 3.8) is 0 Å². The predicted molar refractivity (Wildman–Crippen MR) is 84.4 cm³/mol. The molecule has 3 N–H and O–H groups in total. The van der Waals surface area contributed by atoms with Crippen LogP contribution in [0.5, 0.6) is 0 Å². The van der Waals surface area contributed by atoms with Crippen LogP contribution in [0.4, 0.5) is 19.0 Å². The van der Waals surface area contributed by atoms with E-state index in [0.29, 0.717) is 32.7 Å². The average molecular weight is 362 g/mol. The predicted octanol–water partition coefficient (Wildman–Crippen LogP) is -0.0632. The minimum Gasteiger partial charge on any atom is -0.395 e. The zero-order chi connectivity index (χ0) is 18.4. The second-order valence-electron chi connectivity index (χ2n) is 5.60. The summed E-state index contributed by atoms with van der Waals surface area (Å²) in [6.45, 7) is 2.14. The number of aliphatic hydroxyl groups excluding tert-OH is 2. The lowest BCUT2D eigenvalue weighted by atomic mass is 10.1. The number of aliphatic hydroxyl groups is 2. The first kappa shape index (κ1) is 19.4. The number of β-amino-alcohol motifs (C(OH)–C–C–N with tert-alkyl or cyclic N) is 1. The SMILES string of the molecule is O=C(NCCO)c1ccc(C(F)(F)F)nc1N1CCN(CCO)CC1. The third-order valence-corrected chi connectivity index (χ3v) is 3.90. The number of pyridine rings is 1. The van der Waals surface area contributed by atoms with Gasteiger partial charge in [0, 0.05) is 39.3 Å². The lowest BCUT2D eigenvalue weighted by Gasteiger charge is -2.36. The van der Waals surface area contributed by atoms with Crippen LogP contribution < -0.4 is 10.2 Å². The van der Waals surface area contributed by atoms with Gasteiger partial charge in [0.25, 0.3) is 5.91 Å². The highest BCUT2D eigenvalue weighted by Gasteiger charge is 2.34. The third kappa shape index (κ3) is 5.03. The molecule has 0 spiro atoms. The topological polar surface area (TPSA) is 88.9 Å². The molecular formula is C15H21F3N4O3. The fraction of sp³-hybridized carbons (Fsp3) is 0.600. The van der Waals surface area contributed by atoms with Crippen LogP contribution in [0, 0.1) is 0 Å². The summed E-state index contributed by atoms with van der Waals surface area (Å²) in [5, 5.41) is 20.2. The van der Waals surface area contributed by atoms with Crippen LogP contribution >= 0.6 is 0 Å². The molecule has 1 saturated heterocycles. The molecule has 0 aromatic carbocycles. The molecule has 0 atom stereocenters. The van der Waals surface area contributed by atoms with Crippen LogP contribution in [0.15, 0.2) is 12.1 Å². The van der Waals surface area contributed by atoms with Gasteiger partial charge in [0.15, 0.2) is 0 Å². The first-order valence-corrected chi connectivity index (χ1v) is 7.92. The zero-order valence-corrected chi connectivity index (χ0v) is 13.6. The maximum absolute atomic E-state index is 13.0. The largest absolute Gasteiger partial charge is 0.433 e. The number of aromatic nitrogens is 1. The Morgan fingerprint density at radius 2 is 1.84 bits per heavy atom. The minimum absolute atomic E-state index is 0.00355. The Bertz CT molecular complexity index is 590. The van der Waals surface area contributed by atoms with Gasteiger partial charge >= 0.3 is 6.18 Å². The highest BCUT2D eigenvalue weighted by Crippen LogP contribution is 2.31. The molecule has 2 rings (SSSR count). The molecule has 0 radical (unpaired) electrons. The Hall–Kier alpha value is -1.91. The number of carbonyl (C=O) groups excluding carboxylic acids is 1. The van der Waals surface area contributed by atoms with Crippen molar-refractivity contribution in [3.05, 3.63) is 23.4 Å². The second kappa shape index (κ2) is 8.45. The van der Waals surface area contributed by atoms with Crippen molar-refractivity contribution >= 4 is 11.7 Å². The van der Waals surface area contributed by atoms with Gasteiger partial charge in [-0.15, -0.1) is 0 Å². The number of anilines is 1. The summed E-state index contributed by atoms with van der Waals surface area (Å²) in [6.07, 6.45) is -4.60. The van der Waals surface area contributed by atoms with Gasteiger partial charge in [0.2, 0.25) is 0 Å². The summed E-state index contributed by atoms with van der Waals surface area (Å²) in [5.74, 6) is -0.600. The van der Waals surface area contributed by atoms with Gasteiger partial charge in [-0.05, 0) is 12.1 Å². The molecule has 10 heteroatoms. The van der Waals surface area contributed by atoms with Gasteiger partial charge in [-0.3, -0.25) is 9.69 Å². The van der Waals surface area contributed by atoms with Crippen molar-refractivity contribution < 1.29 is 28.2 Å². The quantitative estimate of drug-likeness (QED) is 0.657. The lowest BCUT2D eigenvalue weighted by Crippen LogP contribution is -2.48. The molecule has 1 fully saturated rings. The maximum atomic E-state index is 13.0. The zero-order valence-electron chi connectivity index (χ0n) is 13.6. The van der Waals surface area contributed by atoms with E-state index in [1.165, 1.54) is 0 Å². The van der Waals surface area contributed by atoms with Gasteiger partial charge in [-0.2, -0.15) is 13.2 Å². The molecule has 140 valence electrons. The van der Waals surface area contributed by atoms with E-state index in [9.17, 15) is 18.0 Å². The third-order valence-electron chi connectivity index (χ3n) is 3.90. The number of piperazine rings is 1. The number of alkyl halides is 3. The highest BCUT2D eigenvalue weighted by molar-refractivity contribution is 5.99. The first-order chi connectivity index (χ1) is 11.9. The normalized spacial score (nSPS) is 16.1. The standard InChI is InChI=1S/C15H21F3N4O3/c16-15(17,18)12-2-1-11(14(25)19-3-9-23)13(20-12)22-6-4-21(5-7-22)8-10-24/h1-2,23-24H,3-10H2,(H,19,25). The smallest absolute Gasteiger partial charge is 0.395 e. The number of hydrogen-bond donors (Lipinski definition) is 3. The molecule has 7 nitrogen and oxygen atoms in total. The van der Waals surface area contributed by atoms with Crippen molar-refractivity contribution in [2.24, 2.45) is 0 Å². The van der Waals surface area contributed by atoms with Crippen molar-refractivity contribution in [1.29, 1.82) is 0 Å². The molecule has 1 amide bonds. The van der Waals surface area contributed by atoms with Gasteiger partial charge < -0.3 is 20.4 Å². The van der Waals surface area contributed by atoms with Gasteiger partial charge in [-0.25, -0.2) is 4.98 Å². The number of nitrogens with one attached hydrogen (secondary N) is 1. The number of halogens is 3. The Morgan fingerprint density at radius 3 is 2.40 bits per heavy atom. The lowest BCUT2D eigenvalue weighted by molar-refractivity contribution is -0.141. The van der Waals surface area contributed by atoms with E-state index < -0.39 is 17.8 Å². The number of hydrogen-bond acceptors (Lipinski definition) is 6. The number of nitrogens with zero attached hydrogens (tertiary/aromatic N) is 3. The molecule has 1 aliphatic rings.